The van der Waals surface area contributed by atoms with Crippen LogP contribution in [0.1, 0.15) is 155 Å². The average molecular weight is 947 g/mol. The standard InChI is InChI=1S/C53H86O12S/c1-3-5-7-9-11-13-15-17-19-21-23-24-25-26-28-30-32-34-36-38-40-42-49(55)63-47(46-62-53-51(57)52(65-66(58,59)60)50(56)48(44-54)64-53)45-61-43-41-39-37-35-33-31-29-27-22-20-18-16-14-12-10-8-6-4-2/h5-8,11-14,17-20,23-24,26-29,47-48,50-54,56-57H,3-4,9-10,15-16,21-22,25,30-46H2,1-2H3,(H,58,59,60)/b7-5-,8-6-,13-11-,14-12-,19-17-,20-18-,24-23-,28-26-,29-27-. The molecule has 1 aliphatic rings. The second-order valence-corrected chi connectivity index (χ2v) is 17.3. The Hall–Kier alpha value is -3.24. The van der Waals surface area contributed by atoms with Crippen molar-refractivity contribution in [1.82, 2.24) is 0 Å². The molecule has 1 aliphatic heterocycles. The molecule has 13 heteroatoms. The third-order valence-electron chi connectivity index (χ3n) is 10.4. The highest BCUT2D eigenvalue weighted by Gasteiger charge is 2.48. The molecule has 0 amide bonds. The van der Waals surface area contributed by atoms with Gasteiger partial charge in [-0.2, -0.15) is 8.42 Å². The van der Waals surface area contributed by atoms with Crippen LogP contribution >= 0.6 is 0 Å². The number of hydrogen-bond donors (Lipinski definition) is 4. The molecule has 0 spiro atoms. The van der Waals surface area contributed by atoms with Crippen LogP contribution in [-0.4, -0.2) is 97.5 Å². The first-order valence-electron chi connectivity index (χ1n) is 24.6. The SMILES string of the molecule is CC/C=C\C/C=C\C/C=C\C/C=C\C/C=C\CCCCCCCC(=O)OC(COCCCCCCC/C=C\C/C=C\C/C=C\C/C=C\CC)COC1OC(CO)C(O)C(OS(=O)(=O)O)C1O. The zero-order valence-electron chi connectivity index (χ0n) is 40.2. The van der Waals surface area contributed by atoms with Gasteiger partial charge in [0, 0.05) is 13.0 Å². The minimum Gasteiger partial charge on any atom is -0.457 e. The van der Waals surface area contributed by atoms with Gasteiger partial charge in [0.15, 0.2) is 6.29 Å². The number of aliphatic hydroxyl groups is 3. The van der Waals surface area contributed by atoms with Crippen LogP contribution in [0.2, 0.25) is 0 Å². The van der Waals surface area contributed by atoms with Crippen molar-refractivity contribution >= 4 is 16.4 Å². The first kappa shape index (κ1) is 60.8. The van der Waals surface area contributed by atoms with Crippen LogP contribution in [0.15, 0.2) is 109 Å². The Labute approximate surface area is 398 Å². The Morgan fingerprint density at radius 2 is 1.00 bits per heavy atom. The lowest BCUT2D eigenvalue weighted by Gasteiger charge is -2.41. The first-order valence-corrected chi connectivity index (χ1v) is 26.0. The molecule has 0 saturated carbocycles. The molecule has 6 atom stereocenters. The van der Waals surface area contributed by atoms with Gasteiger partial charge in [0.25, 0.3) is 0 Å². The van der Waals surface area contributed by atoms with Gasteiger partial charge in [-0.1, -0.05) is 162 Å². The van der Waals surface area contributed by atoms with Crippen LogP contribution in [0.25, 0.3) is 0 Å². The summed E-state index contributed by atoms with van der Waals surface area (Å²) >= 11 is 0. The quantitative estimate of drug-likeness (QED) is 0.0198. The minimum absolute atomic E-state index is 0.00713. The summed E-state index contributed by atoms with van der Waals surface area (Å²) in [5.74, 6) is -0.430. The van der Waals surface area contributed by atoms with Gasteiger partial charge in [0.2, 0.25) is 0 Å². The van der Waals surface area contributed by atoms with E-state index in [0.717, 1.165) is 128 Å². The maximum absolute atomic E-state index is 12.9. The normalized spacial score (nSPS) is 20.5. The maximum atomic E-state index is 12.9. The van der Waals surface area contributed by atoms with E-state index in [1.54, 1.807) is 0 Å². The smallest absolute Gasteiger partial charge is 0.397 e. The van der Waals surface area contributed by atoms with Crippen molar-refractivity contribution in [2.24, 2.45) is 0 Å². The van der Waals surface area contributed by atoms with Gasteiger partial charge in [0.1, 0.15) is 30.5 Å². The van der Waals surface area contributed by atoms with Gasteiger partial charge in [-0.25, -0.2) is 4.18 Å². The summed E-state index contributed by atoms with van der Waals surface area (Å²) in [6.07, 6.45) is 51.1. The molecule has 0 aromatic carbocycles. The number of carbonyl (C=O) groups is 1. The molecule has 66 heavy (non-hydrogen) atoms. The highest BCUT2D eigenvalue weighted by molar-refractivity contribution is 7.80. The molecule has 12 nitrogen and oxygen atoms in total. The number of carbonyl (C=O) groups excluding carboxylic acids is 1. The summed E-state index contributed by atoms with van der Waals surface area (Å²) in [6.45, 7) is 3.67. The highest BCUT2D eigenvalue weighted by atomic mass is 32.3. The first-order chi connectivity index (χ1) is 32.1. The number of esters is 1. The number of rotatable bonds is 41. The predicted molar refractivity (Wildman–Crippen MR) is 266 cm³/mol. The number of allylic oxidation sites excluding steroid dienone is 18. The van der Waals surface area contributed by atoms with E-state index in [0.29, 0.717) is 13.0 Å². The van der Waals surface area contributed by atoms with E-state index in [1.807, 2.05) is 0 Å². The van der Waals surface area contributed by atoms with E-state index in [4.69, 9.17) is 18.9 Å². The summed E-state index contributed by atoms with van der Waals surface area (Å²) in [4.78, 5) is 12.9. The Morgan fingerprint density at radius 1 is 0.576 bits per heavy atom. The van der Waals surface area contributed by atoms with Crippen molar-refractivity contribution in [2.75, 3.05) is 26.4 Å². The van der Waals surface area contributed by atoms with Crippen molar-refractivity contribution < 1.29 is 56.2 Å². The number of aliphatic hydroxyl groups excluding tert-OH is 3. The lowest BCUT2D eigenvalue weighted by molar-refractivity contribution is -0.301. The fourth-order valence-electron chi connectivity index (χ4n) is 6.75. The molecule has 6 unspecified atom stereocenters. The molecule has 0 radical (unpaired) electrons. The summed E-state index contributed by atoms with van der Waals surface area (Å²) in [5, 5.41) is 30.7. The van der Waals surface area contributed by atoms with Crippen molar-refractivity contribution in [3.63, 3.8) is 0 Å². The Kier molecular flexibility index (Phi) is 39.7. The lowest BCUT2D eigenvalue weighted by Crippen LogP contribution is -2.60. The van der Waals surface area contributed by atoms with Crippen molar-refractivity contribution in [3.8, 4) is 0 Å². The molecule has 0 bridgehead atoms. The molecular formula is C53H86O12S. The van der Waals surface area contributed by atoms with Gasteiger partial charge in [-0.15, -0.1) is 0 Å². The van der Waals surface area contributed by atoms with Crippen LogP contribution in [0.4, 0.5) is 0 Å². The van der Waals surface area contributed by atoms with Gasteiger partial charge >= 0.3 is 16.4 Å². The van der Waals surface area contributed by atoms with E-state index < -0.39 is 59.8 Å². The Bertz CT molecular complexity index is 1560. The molecule has 1 heterocycles. The Balaban J connectivity index is 2.43. The predicted octanol–water partition coefficient (Wildman–Crippen LogP) is 11.2. The fraction of sp³-hybridized carbons (Fsp3) is 0.642. The summed E-state index contributed by atoms with van der Waals surface area (Å²) in [7, 11) is -5.08. The largest absolute Gasteiger partial charge is 0.457 e. The second kappa shape index (κ2) is 43.1. The molecule has 1 fully saturated rings. The third-order valence-corrected chi connectivity index (χ3v) is 10.9. The van der Waals surface area contributed by atoms with Crippen molar-refractivity contribution in [3.05, 3.63) is 109 Å². The summed E-state index contributed by atoms with van der Waals surface area (Å²) in [6, 6.07) is 0. The molecule has 4 N–H and O–H groups in total. The van der Waals surface area contributed by atoms with Crippen LogP contribution in [0, 0.1) is 0 Å². The topological polar surface area (TPSA) is 178 Å². The average Bonchev–Trinajstić information content (AvgIpc) is 3.29. The lowest BCUT2D eigenvalue weighted by atomic mass is 9.99. The Morgan fingerprint density at radius 3 is 1.45 bits per heavy atom. The molecule has 1 rings (SSSR count). The zero-order valence-corrected chi connectivity index (χ0v) is 41.0. The third kappa shape index (κ3) is 35.9. The number of hydrogen-bond acceptors (Lipinski definition) is 11. The van der Waals surface area contributed by atoms with Crippen molar-refractivity contribution in [1.29, 1.82) is 0 Å². The molecule has 0 aromatic heterocycles. The summed E-state index contributed by atoms with van der Waals surface area (Å²) in [5.41, 5.74) is 0. The van der Waals surface area contributed by atoms with E-state index in [-0.39, 0.29) is 19.6 Å². The van der Waals surface area contributed by atoms with E-state index in [1.165, 1.54) is 0 Å². The van der Waals surface area contributed by atoms with Gasteiger partial charge in [-0.05, 0) is 96.3 Å². The van der Waals surface area contributed by atoms with Gasteiger partial charge < -0.3 is 34.3 Å². The van der Waals surface area contributed by atoms with E-state index in [2.05, 4.69) is 127 Å². The maximum Gasteiger partial charge on any atom is 0.397 e. The number of unbranched alkanes of at least 4 members (excludes halogenated alkanes) is 10. The van der Waals surface area contributed by atoms with Gasteiger partial charge in [-0.3, -0.25) is 9.35 Å². The molecule has 1 saturated heterocycles. The zero-order chi connectivity index (χ0) is 48.2. The summed E-state index contributed by atoms with van der Waals surface area (Å²) < 4.78 is 59.2. The molecular weight excluding hydrogens is 861 g/mol. The van der Waals surface area contributed by atoms with Crippen LogP contribution < -0.4 is 0 Å². The minimum atomic E-state index is -5.08. The fourth-order valence-corrected chi connectivity index (χ4v) is 7.26. The number of ether oxygens (including phenoxy) is 4. The second-order valence-electron chi connectivity index (χ2n) is 16.3. The van der Waals surface area contributed by atoms with Crippen LogP contribution in [0.5, 0.6) is 0 Å². The molecule has 376 valence electrons. The molecule has 0 aromatic rings. The monoisotopic (exact) mass is 947 g/mol. The van der Waals surface area contributed by atoms with Crippen LogP contribution in [-0.2, 0) is 38.3 Å². The highest BCUT2D eigenvalue weighted by Crippen LogP contribution is 2.26. The molecule has 0 aliphatic carbocycles. The van der Waals surface area contributed by atoms with Crippen molar-refractivity contribution in [2.45, 2.75) is 192 Å². The van der Waals surface area contributed by atoms with E-state index >= 15 is 0 Å². The van der Waals surface area contributed by atoms with Crippen LogP contribution in [0.3, 0.4) is 0 Å². The van der Waals surface area contributed by atoms with E-state index in [9.17, 15) is 33.1 Å². The van der Waals surface area contributed by atoms with Gasteiger partial charge in [0.05, 0.1) is 19.8 Å².